The van der Waals surface area contributed by atoms with Crippen molar-refractivity contribution < 1.29 is 19.1 Å². The number of carbonyl (C=O) groups excluding carboxylic acids is 2. The minimum atomic E-state index is -0.437. The van der Waals surface area contributed by atoms with Crippen LogP contribution in [0.3, 0.4) is 0 Å². The van der Waals surface area contributed by atoms with Crippen LogP contribution in [0.5, 0.6) is 11.5 Å². The summed E-state index contributed by atoms with van der Waals surface area (Å²) in [6, 6.07) is 22.2. The number of fused-ring (bicyclic) bond motifs is 4. The largest absolute Gasteiger partial charge is 0.454 e. The molecule has 1 unspecified atom stereocenters. The maximum atomic E-state index is 13.1. The summed E-state index contributed by atoms with van der Waals surface area (Å²) in [5.41, 5.74) is 5.22. The van der Waals surface area contributed by atoms with E-state index in [0.717, 1.165) is 28.2 Å². The highest BCUT2D eigenvalue weighted by atomic mass is 16.7. The summed E-state index contributed by atoms with van der Waals surface area (Å²) in [4.78, 5) is 25.3. The van der Waals surface area contributed by atoms with Gasteiger partial charge >= 0.3 is 0 Å². The molecule has 1 saturated heterocycles. The zero-order valence-corrected chi connectivity index (χ0v) is 18.8. The van der Waals surface area contributed by atoms with Gasteiger partial charge in [0, 0.05) is 18.4 Å². The number of benzene rings is 3. The summed E-state index contributed by atoms with van der Waals surface area (Å²) >= 11 is 0. The average Bonchev–Trinajstić information content (AvgIpc) is 3.55. The molecule has 1 fully saturated rings. The second kappa shape index (κ2) is 8.20. The summed E-state index contributed by atoms with van der Waals surface area (Å²) < 4.78 is 10.9. The van der Waals surface area contributed by atoms with Crippen LogP contribution in [0.15, 0.2) is 66.7 Å². The van der Waals surface area contributed by atoms with Gasteiger partial charge in [-0.3, -0.25) is 9.59 Å². The van der Waals surface area contributed by atoms with Gasteiger partial charge in [-0.15, -0.1) is 0 Å². The van der Waals surface area contributed by atoms with Crippen LogP contribution < -0.4 is 20.1 Å². The first-order chi connectivity index (χ1) is 16.6. The van der Waals surface area contributed by atoms with Gasteiger partial charge in [0.15, 0.2) is 11.5 Å². The molecular weight excluding hydrogens is 428 g/mol. The highest BCUT2D eigenvalue weighted by Crippen LogP contribution is 2.43. The monoisotopic (exact) mass is 454 g/mol. The Hall–Kier alpha value is -3.80. The van der Waals surface area contributed by atoms with E-state index in [1.54, 1.807) is 0 Å². The molecule has 6 nitrogen and oxygen atoms in total. The van der Waals surface area contributed by atoms with Gasteiger partial charge in [0.25, 0.3) is 0 Å². The summed E-state index contributed by atoms with van der Waals surface area (Å²) in [5.74, 6) is 1.50. The Morgan fingerprint density at radius 2 is 1.68 bits per heavy atom. The Kier molecular flexibility index (Phi) is 5.01. The molecular formula is C28H26N2O4. The van der Waals surface area contributed by atoms with Crippen LogP contribution in [0.2, 0.25) is 0 Å². The van der Waals surface area contributed by atoms with E-state index in [9.17, 15) is 9.59 Å². The van der Waals surface area contributed by atoms with E-state index in [0.29, 0.717) is 32.1 Å². The van der Waals surface area contributed by atoms with Crippen molar-refractivity contribution in [2.45, 2.75) is 43.7 Å². The summed E-state index contributed by atoms with van der Waals surface area (Å²) in [6.07, 6.45) is 2.76. The Bertz CT molecular complexity index is 1240. The topological polar surface area (TPSA) is 76.7 Å². The van der Waals surface area contributed by atoms with Gasteiger partial charge in [-0.05, 0) is 59.2 Å². The van der Waals surface area contributed by atoms with E-state index >= 15 is 0 Å². The molecule has 0 bridgehead atoms. The molecule has 0 spiro atoms. The third-order valence-corrected chi connectivity index (χ3v) is 7.18. The molecule has 6 heteroatoms. The molecule has 2 heterocycles. The van der Waals surface area contributed by atoms with Crippen molar-refractivity contribution in [3.63, 3.8) is 0 Å². The molecule has 3 aromatic carbocycles. The normalized spacial score (nSPS) is 20.1. The molecule has 6 rings (SSSR count). The van der Waals surface area contributed by atoms with Crippen LogP contribution in [0.1, 0.15) is 48.4 Å². The molecule has 0 radical (unpaired) electrons. The van der Waals surface area contributed by atoms with Crippen molar-refractivity contribution in [3.8, 4) is 22.6 Å². The highest BCUT2D eigenvalue weighted by molar-refractivity contribution is 5.84. The first-order valence-corrected chi connectivity index (χ1v) is 11.8. The van der Waals surface area contributed by atoms with Gasteiger partial charge < -0.3 is 20.1 Å². The standard InChI is InChI=1S/C28H26N2O4/c31-25(29-27-21-7-3-1-5-19(21)20-6-2-4-8-22(20)27)11-13-28(14-12-26(32)30-28)16-18-9-10-23-24(15-18)34-17-33-23/h1-10,15,27H,11-14,16-17H2,(H,29,31)(H,30,32). The smallest absolute Gasteiger partial charge is 0.231 e. The van der Waals surface area contributed by atoms with E-state index in [2.05, 4.69) is 34.9 Å². The van der Waals surface area contributed by atoms with Gasteiger partial charge in [0.1, 0.15) is 0 Å². The molecule has 172 valence electrons. The number of carbonyl (C=O) groups is 2. The van der Waals surface area contributed by atoms with Crippen LogP contribution in [-0.4, -0.2) is 24.1 Å². The number of nitrogens with one attached hydrogen (secondary N) is 2. The zero-order valence-electron chi connectivity index (χ0n) is 18.8. The van der Waals surface area contributed by atoms with E-state index in [1.165, 1.54) is 11.1 Å². The number of amides is 2. The highest BCUT2D eigenvalue weighted by Gasteiger charge is 2.38. The fraction of sp³-hybridized carbons (Fsp3) is 0.286. The van der Waals surface area contributed by atoms with E-state index in [4.69, 9.17) is 9.47 Å². The Morgan fingerprint density at radius 1 is 0.971 bits per heavy atom. The fourth-order valence-corrected chi connectivity index (χ4v) is 5.52. The quantitative estimate of drug-likeness (QED) is 0.583. The summed E-state index contributed by atoms with van der Waals surface area (Å²) in [6.45, 7) is 0.230. The van der Waals surface area contributed by atoms with Crippen LogP contribution >= 0.6 is 0 Å². The Morgan fingerprint density at radius 3 is 2.38 bits per heavy atom. The third kappa shape index (κ3) is 3.69. The minimum Gasteiger partial charge on any atom is -0.454 e. The van der Waals surface area contributed by atoms with E-state index in [1.807, 2.05) is 42.5 Å². The molecule has 0 aromatic heterocycles. The second-order valence-electron chi connectivity index (χ2n) is 9.37. The molecule has 1 atom stereocenters. The Balaban J connectivity index is 1.17. The maximum absolute atomic E-state index is 13.1. The van der Waals surface area contributed by atoms with Crippen LogP contribution in [0, 0.1) is 0 Å². The lowest BCUT2D eigenvalue weighted by molar-refractivity contribution is -0.123. The van der Waals surface area contributed by atoms with Gasteiger partial charge in [0.05, 0.1) is 6.04 Å². The molecule has 2 amide bonds. The van der Waals surface area contributed by atoms with E-state index < -0.39 is 5.54 Å². The first-order valence-electron chi connectivity index (χ1n) is 11.8. The maximum Gasteiger partial charge on any atom is 0.231 e. The molecule has 3 aliphatic rings. The van der Waals surface area contributed by atoms with Gasteiger partial charge in [-0.25, -0.2) is 0 Å². The lowest BCUT2D eigenvalue weighted by Crippen LogP contribution is -2.44. The number of hydrogen-bond donors (Lipinski definition) is 2. The predicted molar refractivity (Wildman–Crippen MR) is 127 cm³/mol. The van der Waals surface area contributed by atoms with Crippen molar-refractivity contribution in [1.29, 1.82) is 0 Å². The predicted octanol–water partition coefficient (Wildman–Crippen LogP) is 4.27. The molecule has 34 heavy (non-hydrogen) atoms. The molecule has 0 saturated carbocycles. The first kappa shape index (κ1) is 20.8. The lowest BCUT2D eigenvalue weighted by Gasteiger charge is -2.29. The minimum absolute atomic E-state index is 0.0114. The summed E-state index contributed by atoms with van der Waals surface area (Å²) in [5, 5.41) is 6.43. The molecule has 2 N–H and O–H groups in total. The van der Waals surface area contributed by atoms with Crippen molar-refractivity contribution in [2.75, 3.05) is 6.79 Å². The molecule has 2 aliphatic heterocycles. The van der Waals surface area contributed by atoms with Crippen molar-refractivity contribution >= 4 is 11.8 Å². The average molecular weight is 455 g/mol. The number of hydrogen-bond acceptors (Lipinski definition) is 4. The van der Waals surface area contributed by atoms with Gasteiger partial charge in [-0.2, -0.15) is 0 Å². The number of ether oxygens (including phenoxy) is 2. The van der Waals surface area contributed by atoms with Crippen molar-refractivity contribution in [3.05, 3.63) is 83.4 Å². The number of rotatable bonds is 6. The van der Waals surface area contributed by atoms with Gasteiger partial charge in [-0.1, -0.05) is 54.6 Å². The van der Waals surface area contributed by atoms with Crippen molar-refractivity contribution in [2.24, 2.45) is 0 Å². The second-order valence-corrected chi connectivity index (χ2v) is 9.37. The van der Waals surface area contributed by atoms with Crippen LogP contribution in [0.25, 0.3) is 11.1 Å². The molecule has 1 aliphatic carbocycles. The fourth-order valence-electron chi connectivity index (χ4n) is 5.52. The summed E-state index contributed by atoms with van der Waals surface area (Å²) in [7, 11) is 0. The SMILES string of the molecule is O=C(CCC1(Cc2ccc3c(c2)OCO3)CCC(=O)N1)NC1c2ccccc2-c2ccccc21. The molecule has 3 aromatic rings. The van der Waals surface area contributed by atoms with Crippen LogP contribution in [-0.2, 0) is 16.0 Å². The zero-order chi connectivity index (χ0) is 23.1. The third-order valence-electron chi connectivity index (χ3n) is 7.18. The lowest BCUT2D eigenvalue weighted by atomic mass is 9.84. The Labute approximate surface area is 198 Å². The van der Waals surface area contributed by atoms with Gasteiger partial charge in [0.2, 0.25) is 18.6 Å². The van der Waals surface area contributed by atoms with Crippen molar-refractivity contribution in [1.82, 2.24) is 10.6 Å². The van der Waals surface area contributed by atoms with Crippen LogP contribution in [0.4, 0.5) is 0 Å². The van der Waals surface area contributed by atoms with E-state index in [-0.39, 0.29) is 24.6 Å².